The second-order valence-electron chi connectivity index (χ2n) is 7.17. The molecule has 0 aliphatic carbocycles. The summed E-state index contributed by atoms with van der Waals surface area (Å²) in [6, 6.07) is 28.4. The number of nitrogens with one attached hydrogen (secondary N) is 1. The highest BCUT2D eigenvalue weighted by Gasteiger charge is 2.31. The Morgan fingerprint density at radius 2 is 1.57 bits per heavy atom. The molecule has 140 valence electrons. The number of para-hydroxylation sites is 2. The minimum absolute atomic E-state index is 0.0102. The van der Waals surface area contributed by atoms with Gasteiger partial charge in [0.05, 0.1) is 6.04 Å². The Balaban J connectivity index is 1.73. The van der Waals surface area contributed by atoms with Crippen LogP contribution in [0.4, 0.5) is 11.4 Å². The molecule has 1 aliphatic heterocycles. The number of rotatable bonds is 4. The zero-order valence-corrected chi connectivity index (χ0v) is 16.0. The zero-order chi connectivity index (χ0) is 19.3. The predicted molar refractivity (Wildman–Crippen MR) is 116 cm³/mol. The van der Waals surface area contributed by atoms with Crippen molar-refractivity contribution in [1.29, 1.82) is 0 Å². The van der Waals surface area contributed by atoms with Crippen molar-refractivity contribution >= 4 is 23.4 Å². The van der Waals surface area contributed by atoms with Crippen molar-refractivity contribution in [1.82, 2.24) is 0 Å². The van der Waals surface area contributed by atoms with E-state index in [0.29, 0.717) is 0 Å². The minimum atomic E-state index is -0.0113. The lowest BCUT2D eigenvalue weighted by Crippen LogP contribution is -2.39. The molecule has 2 atom stereocenters. The van der Waals surface area contributed by atoms with Crippen LogP contribution < -0.4 is 10.2 Å². The summed E-state index contributed by atoms with van der Waals surface area (Å²) in [5.74, 6) is -0.0102. The summed E-state index contributed by atoms with van der Waals surface area (Å²) in [7, 11) is 0. The van der Waals surface area contributed by atoms with Crippen LogP contribution in [0.1, 0.15) is 30.5 Å². The van der Waals surface area contributed by atoms with Crippen LogP contribution in [0.3, 0.4) is 0 Å². The third-order valence-corrected chi connectivity index (χ3v) is 5.10. The molecule has 0 saturated carbocycles. The molecule has 1 amide bonds. The third kappa shape index (κ3) is 3.84. The molecule has 1 N–H and O–H groups in total. The maximum Gasteiger partial charge on any atom is 0.251 e. The quantitative estimate of drug-likeness (QED) is 0.601. The van der Waals surface area contributed by atoms with Crippen molar-refractivity contribution in [3.05, 3.63) is 102 Å². The molecule has 0 spiro atoms. The molecule has 3 nitrogen and oxygen atoms in total. The molecule has 1 heterocycles. The van der Waals surface area contributed by atoms with Gasteiger partial charge in [-0.1, -0.05) is 66.7 Å². The van der Waals surface area contributed by atoms with E-state index in [0.717, 1.165) is 28.9 Å². The number of amides is 1. The predicted octanol–water partition coefficient (Wildman–Crippen LogP) is 5.68. The zero-order valence-electron chi connectivity index (χ0n) is 16.0. The molecule has 0 radical (unpaired) electrons. The van der Waals surface area contributed by atoms with Crippen molar-refractivity contribution in [2.24, 2.45) is 0 Å². The van der Waals surface area contributed by atoms with E-state index in [2.05, 4.69) is 24.4 Å². The van der Waals surface area contributed by atoms with E-state index in [1.54, 1.807) is 6.08 Å². The van der Waals surface area contributed by atoms with E-state index in [4.69, 9.17) is 0 Å². The number of fused-ring (bicyclic) bond motifs is 1. The van der Waals surface area contributed by atoms with Crippen LogP contribution >= 0.6 is 0 Å². The Morgan fingerprint density at radius 3 is 2.32 bits per heavy atom. The number of benzene rings is 3. The first-order chi connectivity index (χ1) is 13.7. The highest BCUT2D eigenvalue weighted by molar-refractivity contribution is 6.04. The van der Waals surface area contributed by atoms with Crippen molar-refractivity contribution in [3.8, 4) is 0 Å². The second-order valence-corrected chi connectivity index (χ2v) is 7.17. The van der Waals surface area contributed by atoms with Crippen LogP contribution in [0, 0.1) is 0 Å². The molecule has 28 heavy (non-hydrogen) atoms. The molecule has 0 bridgehead atoms. The number of hydrogen-bond donors (Lipinski definition) is 1. The molecule has 4 rings (SSSR count). The molecule has 0 aromatic heterocycles. The first kappa shape index (κ1) is 18.1. The summed E-state index contributed by atoms with van der Waals surface area (Å²) >= 11 is 0. The highest BCUT2D eigenvalue weighted by Crippen LogP contribution is 2.39. The third-order valence-electron chi connectivity index (χ3n) is 5.10. The highest BCUT2D eigenvalue weighted by atomic mass is 16.2. The van der Waals surface area contributed by atoms with E-state index in [-0.39, 0.29) is 18.0 Å². The molecule has 3 aromatic carbocycles. The number of anilines is 2. The van der Waals surface area contributed by atoms with Gasteiger partial charge in [0.15, 0.2) is 0 Å². The molecule has 3 aromatic rings. The fourth-order valence-corrected chi connectivity index (χ4v) is 3.81. The normalized spacial score (nSPS) is 18.3. The average Bonchev–Trinajstić information content (AvgIpc) is 2.74. The molecule has 3 heteroatoms. The van der Waals surface area contributed by atoms with Crippen molar-refractivity contribution in [2.75, 3.05) is 10.2 Å². The van der Waals surface area contributed by atoms with Gasteiger partial charge in [0, 0.05) is 23.5 Å². The lowest BCUT2D eigenvalue weighted by Gasteiger charge is -2.38. The summed E-state index contributed by atoms with van der Waals surface area (Å²) in [5, 5.41) is 3.54. The first-order valence-corrected chi connectivity index (χ1v) is 9.69. The van der Waals surface area contributed by atoms with Gasteiger partial charge in [0.1, 0.15) is 0 Å². The summed E-state index contributed by atoms with van der Waals surface area (Å²) in [6.45, 7) is 2.16. The Hall–Kier alpha value is -3.33. The number of hydrogen-bond acceptors (Lipinski definition) is 2. The lowest BCUT2D eigenvalue weighted by atomic mass is 9.91. The first-order valence-electron chi connectivity index (χ1n) is 9.69. The van der Waals surface area contributed by atoms with Gasteiger partial charge in [-0.05, 0) is 48.7 Å². The van der Waals surface area contributed by atoms with Crippen LogP contribution in [-0.2, 0) is 4.79 Å². The van der Waals surface area contributed by atoms with Crippen LogP contribution in [0.15, 0.2) is 91.0 Å². The van der Waals surface area contributed by atoms with E-state index in [1.165, 1.54) is 0 Å². The van der Waals surface area contributed by atoms with Gasteiger partial charge in [0.25, 0.3) is 5.91 Å². The summed E-state index contributed by atoms with van der Waals surface area (Å²) < 4.78 is 0. The molecule has 1 aliphatic rings. The smallest absolute Gasteiger partial charge is 0.251 e. The van der Waals surface area contributed by atoms with Crippen LogP contribution in [-0.4, -0.2) is 11.9 Å². The topological polar surface area (TPSA) is 32.3 Å². The van der Waals surface area contributed by atoms with Gasteiger partial charge in [0.2, 0.25) is 0 Å². The fourth-order valence-electron chi connectivity index (χ4n) is 3.81. The summed E-state index contributed by atoms with van der Waals surface area (Å²) in [6.07, 6.45) is 4.42. The molecular weight excluding hydrogens is 344 g/mol. The second kappa shape index (κ2) is 8.13. The molecule has 0 saturated heterocycles. The van der Waals surface area contributed by atoms with Gasteiger partial charge in [-0.3, -0.25) is 4.79 Å². The van der Waals surface area contributed by atoms with E-state index >= 15 is 0 Å². The lowest BCUT2D eigenvalue weighted by molar-refractivity contribution is -0.114. The van der Waals surface area contributed by atoms with Crippen molar-refractivity contribution < 1.29 is 4.79 Å². The van der Waals surface area contributed by atoms with Crippen molar-refractivity contribution in [2.45, 2.75) is 25.4 Å². The minimum Gasteiger partial charge on any atom is -0.382 e. The van der Waals surface area contributed by atoms with Crippen LogP contribution in [0.25, 0.3) is 6.08 Å². The maximum atomic E-state index is 13.4. The van der Waals surface area contributed by atoms with Gasteiger partial charge in [-0.2, -0.15) is 0 Å². The van der Waals surface area contributed by atoms with E-state index in [1.807, 2.05) is 83.8 Å². The Labute approximate surface area is 166 Å². The molecule has 0 fully saturated rings. The van der Waals surface area contributed by atoms with Gasteiger partial charge in [-0.25, -0.2) is 0 Å². The Kier molecular flexibility index (Phi) is 5.24. The van der Waals surface area contributed by atoms with Crippen molar-refractivity contribution in [3.63, 3.8) is 0 Å². The molecular formula is C25H24N2O. The Bertz CT molecular complexity index is 966. The number of carbonyl (C=O) groups excluding carboxylic acids is 1. The van der Waals surface area contributed by atoms with Gasteiger partial charge < -0.3 is 10.2 Å². The SMILES string of the molecule is C[C@@H]1C[C@@H](N(C(=O)/C=C/c2ccccc2)c2ccccc2)c2ccccc2N1. The fraction of sp³-hybridized carbons (Fsp3) is 0.160. The summed E-state index contributed by atoms with van der Waals surface area (Å²) in [4.78, 5) is 15.3. The van der Waals surface area contributed by atoms with Crippen LogP contribution in [0.2, 0.25) is 0 Å². The standard InChI is InChI=1S/C25H24N2O/c1-19-18-24(22-14-8-9-15-23(22)26-19)27(21-12-6-3-7-13-21)25(28)17-16-20-10-4-2-5-11-20/h2-17,19,24,26H,18H2,1H3/b17-16+/t19-,24-/m1/s1. The number of nitrogens with zero attached hydrogens (tertiary/aromatic N) is 1. The largest absolute Gasteiger partial charge is 0.382 e. The average molecular weight is 368 g/mol. The van der Waals surface area contributed by atoms with E-state index < -0.39 is 0 Å². The summed E-state index contributed by atoms with van der Waals surface area (Å²) in [5.41, 5.74) is 4.19. The van der Waals surface area contributed by atoms with Gasteiger partial charge in [-0.15, -0.1) is 0 Å². The number of carbonyl (C=O) groups is 1. The van der Waals surface area contributed by atoms with Crippen LogP contribution in [0.5, 0.6) is 0 Å². The molecule has 0 unspecified atom stereocenters. The van der Waals surface area contributed by atoms with Gasteiger partial charge >= 0.3 is 0 Å². The van der Waals surface area contributed by atoms with E-state index in [9.17, 15) is 4.79 Å². The monoisotopic (exact) mass is 368 g/mol. The Morgan fingerprint density at radius 1 is 0.929 bits per heavy atom. The maximum absolute atomic E-state index is 13.4.